The number of phenolic OH excluding ortho intramolecular Hbond substituents is 2. The molecular formula is C18H16N2O4. The highest BCUT2D eigenvalue weighted by Gasteiger charge is 2.13. The number of carbonyl (C=O) groups is 1. The van der Waals surface area contributed by atoms with Crippen LogP contribution in [0.1, 0.15) is 11.1 Å². The number of aromatic hydroxyl groups is 2. The van der Waals surface area contributed by atoms with Gasteiger partial charge in [0.25, 0.3) is 5.91 Å². The minimum absolute atomic E-state index is 0.0393. The van der Waals surface area contributed by atoms with Crippen LogP contribution in [0.2, 0.25) is 0 Å². The molecule has 122 valence electrons. The summed E-state index contributed by atoms with van der Waals surface area (Å²) in [4.78, 5) is 12.2. The van der Waals surface area contributed by atoms with E-state index in [1.807, 2.05) is 25.1 Å². The summed E-state index contributed by atoms with van der Waals surface area (Å²) < 4.78 is 4.93. The predicted molar refractivity (Wildman–Crippen MR) is 89.7 cm³/mol. The predicted octanol–water partition coefficient (Wildman–Crippen LogP) is 2.96. The summed E-state index contributed by atoms with van der Waals surface area (Å²) in [5.74, 6) is -1.35. The van der Waals surface area contributed by atoms with Crippen molar-refractivity contribution in [3.63, 3.8) is 0 Å². The molecule has 0 aliphatic carbocycles. The maximum atomic E-state index is 12.2. The number of nitrogens with zero attached hydrogens (tertiary/aromatic N) is 1. The molecule has 2 aromatic rings. The van der Waals surface area contributed by atoms with Crippen LogP contribution in [-0.4, -0.2) is 23.2 Å². The molecule has 0 aliphatic heterocycles. The van der Waals surface area contributed by atoms with Crippen LogP contribution in [0.15, 0.2) is 42.0 Å². The number of anilines is 1. The molecule has 0 aliphatic rings. The lowest BCUT2D eigenvalue weighted by atomic mass is 10.1. The minimum Gasteiger partial charge on any atom is -0.504 e. The van der Waals surface area contributed by atoms with E-state index in [2.05, 4.69) is 5.32 Å². The molecule has 2 aromatic carbocycles. The van der Waals surface area contributed by atoms with Crippen molar-refractivity contribution in [2.45, 2.75) is 6.92 Å². The Kier molecular flexibility index (Phi) is 5.07. The molecule has 0 saturated carbocycles. The highest BCUT2D eigenvalue weighted by Crippen LogP contribution is 2.36. The van der Waals surface area contributed by atoms with Crippen LogP contribution in [0.3, 0.4) is 0 Å². The number of hydrogen-bond donors (Lipinski definition) is 3. The Balaban J connectivity index is 2.29. The van der Waals surface area contributed by atoms with Gasteiger partial charge in [-0.3, -0.25) is 4.79 Å². The third kappa shape index (κ3) is 3.84. The van der Waals surface area contributed by atoms with Crippen molar-refractivity contribution in [1.82, 2.24) is 0 Å². The summed E-state index contributed by atoms with van der Waals surface area (Å²) in [6, 6.07) is 11.6. The van der Waals surface area contributed by atoms with E-state index in [1.54, 1.807) is 12.1 Å². The van der Waals surface area contributed by atoms with Crippen LogP contribution in [0.25, 0.3) is 6.08 Å². The summed E-state index contributed by atoms with van der Waals surface area (Å²) in [5.41, 5.74) is 1.81. The first kappa shape index (κ1) is 16.9. The topological polar surface area (TPSA) is 103 Å². The van der Waals surface area contributed by atoms with Crippen molar-refractivity contribution < 1.29 is 19.7 Å². The number of carbonyl (C=O) groups excluding carboxylic acids is 1. The van der Waals surface area contributed by atoms with E-state index < -0.39 is 17.4 Å². The van der Waals surface area contributed by atoms with Gasteiger partial charge in [-0.2, -0.15) is 5.26 Å². The Morgan fingerprint density at radius 1 is 1.25 bits per heavy atom. The van der Waals surface area contributed by atoms with Crippen molar-refractivity contribution in [2.75, 3.05) is 12.4 Å². The van der Waals surface area contributed by atoms with Crippen LogP contribution >= 0.6 is 0 Å². The number of benzene rings is 2. The van der Waals surface area contributed by atoms with Gasteiger partial charge in [0.15, 0.2) is 11.5 Å². The Hall–Kier alpha value is -3.46. The van der Waals surface area contributed by atoms with Gasteiger partial charge in [0.2, 0.25) is 5.75 Å². The number of aryl methyl sites for hydroxylation is 1. The molecule has 0 saturated heterocycles. The van der Waals surface area contributed by atoms with Crippen LogP contribution in [0, 0.1) is 18.3 Å². The Morgan fingerprint density at radius 3 is 2.50 bits per heavy atom. The summed E-state index contributed by atoms with van der Waals surface area (Å²) >= 11 is 0. The van der Waals surface area contributed by atoms with Gasteiger partial charge in [-0.1, -0.05) is 17.7 Å². The van der Waals surface area contributed by atoms with Crippen molar-refractivity contribution in [3.8, 4) is 23.3 Å². The van der Waals surface area contributed by atoms with E-state index in [0.717, 1.165) is 5.56 Å². The fraction of sp³-hybridized carbons (Fsp3) is 0.111. The summed E-state index contributed by atoms with van der Waals surface area (Å²) in [5, 5.41) is 31.1. The first-order valence-electron chi connectivity index (χ1n) is 7.04. The molecule has 6 heteroatoms. The maximum Gasteiger partial charge on any atom is 0.266 e. The monoisotopic (exact) mass is 324 g/mol. The molecule has 0 bridgehead atoms. The standard InChI is InChI=1S/C18H16N2O4/c1-11-3-5-14(6-4-11)20-18(23)13(10-19)7-12-8-15(21)17(22)16(9-12)24-2/h3-9,21-22H,1-2H3,(H,20,23). The van der Waals surface area contributed by atoms with E-state index in [0.29, 0.717) is 11.3 Å². The third-order valence-corrected chi connectivity index (χ3v) is 3.28. The SMILES string of the molecule is COc1cc(C=C(C#N)C(=O)Nc2ccc(C)cc2)cc(O)c1O. The van der Waals surface area contributed by atoms with Gasteiger partial charge in [0.1, 0.15) is 11.6 Å². The zero-order valence-corrected chi connectivity index (χ0v) is 13.2. The maximum absolute atomic E-state index is 12.2. The first-order chi connectivity index (χ1) is 11.4. The molecule has 3 N–H and O–H groups in total. The average Bonchev–Trinajstić information content (AvgIpc) is 2.57. The fourth-order valence-electron chi connectivity index (χ4n) is 2.00. The number of nitrogens with one attached hydrogen (secondary N) is 1. The van der Waals surface area contributed by atoms with Gasteiger partial charge in [-0.05, 0) is 42.8 Å². The van der Waals surface area contributed by atoms with Gasteiger partial charge in [0.05, 0.1) is 7.11 Å². The Labute approximate surface area is 139 Å². The van der Waals surface area contributed by atoms with Crippen LogP contribution in [-0.2, 0) is 4.79 Å². The second kappa shape index (κ2) is 7.20. The molecule has 0 aromatic heterocycles. The second-order valence-electron chi connectivity index (χ2n) is 5.08. The smallest absolute Gasteiger partial charge is 0.266 e. The molecule has 6 nitrogen and oxygen atoms in total. The molecule has 1 amide bonds. The molecule has 0 heterocycles. The molecular weight excluding hydrogens is 308 g/mol. The Bertz CT molecular complexity index is 833. The number of phenols is 2. The van der Waals surface area contributed by atoms with E-state index in [4.69, 9.17) is 4.74 Å². The zero-order chi connectivity index (χ0) is 17.7. The molecule has 0 radical (unpaired) electrons. The van der Waals surface area contributed by atoms with Crippen molar-refractivity contribution >= 4 is 17.7 Å². The van der Waals surface area contributed by atoms with Crippen molar-refractivity contribution in [3.05, 3.63) is 53.1 Å². The van der Waals surface area contributed by atoms with Gasteiger partial charge < -0.3 is 20.3 Å². The van der Waals surface area contributed by atoms with Gasteiger partial charge in [-0.15, -0.1) is 0 Å². The second-order valence-corrected chi connectivity index (χ2v) is 5.08. The van der Waals surface area contributed by atoms with Crippen LogP contribution < -0.4 is 10.1 Å². The number of rotatable bonds is 4. The van der Waals surface area contributed by atoms with Gasteiger partial charge >= 0.3 is 0 Å². The van der Waals surface area contributed by atoms with Gasteiger partial charge in [-0.25, -0.2) is 0 Å². The number of methoxy groups -OCH3 is 1. The number of amides is 1. The van der Waals surface area contributed by atoms with Crippen molar-refractivity contribution in [2.24, 2.45) is 0 Å². The summed E-state index contributed by atoms with van der Waals surface area (Å²) in [7, 11) is 1.33. The largest absolute Gasteiger partial charge is 0.504 e. The lowest BCUT2D eigenvalue weighted by Crippen LogP contribution is -2.13. The molecule has 0 spiro atoms. The van der Waals surface area contributed by atoms with Gasteiger partial charge in [0, 0.05) is 5.69 Å². The normalized spacial score (nSPS) is 10.8. The van der Waals surface area contributed by atoms with E-state index in [1.165, 1.54) is 25.3 Å². The fourth-order valence-corrected chi connectivity index (χ4v) is 2.00. The number of nitriles is 1. The average molecular weight is 324 g/mol. The minimum atomic E-state index is -0.576. The van der Waals surface area contributed by atoms with Crippen LogP contribution in [0.5, 0.6) is 17.2 Å². The molecule has 2 rings (SSSR count). The molecule has 0 unspecified atom stereocenters. The lowest BCUT2D eigenvalue weighted by molar-refractivity contribution is -0.112. The first-order valence-corrected chi connectivity index (χ1v) is 7.04. The zero-order valence-electron chi connectivity index (χ0n) is 13.2. The third-order valence-electron chi connectivity index (χ3n) is 3.28. The summed E-state index contributed by atoms with van der Waals surface area (Å²) in [6.45, 7) is 1.93. The quantitative estimate of drug-likeness (QED) is 0.456. The molecule has 24 heavy (non-hydrogen) atoms. The number of ether oxygens (including phenoxy) is 1. The molecule has 0 atom stereocenters. The van der Waals surface area contributed by atoms with E-state index >= 15 is 0 Å². The highest BCUT2D eigenvalue weighted by atomic mass is 16.5. The Morgan fingerprint density at radius 2 is 1.92 bits per heavy atom. The lowest BCUT2D eigenvalue weighted by Gasteiger charge is -2.07. The van der Waals surface area contributed by atoms with Crippen molar-refractivity contribution in [1.29, 1.82) is 5.26 Å². The highest BCUT2D eigenvalue weighted by molar-refractivity contribution is 6.09. The van der Waals surface area contributed by atoms with E-state index in [9.17, 15) is 20.3 Å². The number of hydrogen-bond acceptors (Lipinski definition) is 5. The summed E-state index contributed by atoms with van der Waals surface area (Å²) in [6.07, 6.45) is 1.30. The van der Waals surface area contributed by atoms with Crippen LogP contribution in [0.4, 0.5) is 5.69 Å². The molecule has 0 fully saturated rings. The van der Waals surface area contributed by atoms with E-state index in [-0.39, 0.29) is 11.3 Å².